The van der Waals surface area contributed by atoms with Crippen LogP contribution >= 0.6 is 15.9 Å². The molecule has 1 aliphatic rings. The molecule has 0 bridgehead atoms. The highest BCUT2D eigenvalue weighted by molar-refractivity contribution is 9.10. The SMILES string of the molecule is C[C@H]1CN(c2ccc(C(=O)N(C)C)cc2)CCN1Cc1cc2c(Br)ccnc2n1C. The van der Waals surface area contributed by atoms with Gasteiger partial charge in [-0.25, -0.2) is 4.98 Å². The first-order valence-corrected chi connectivity index (χ1v) is 11.0. The molecule has 0 aliphatic carbocycles. The van der Waals surface area contributed by atoms with E-state index in [1.807, 2.05) is 24.4 Å². The highest BCUT2D eigenvalue weighted by Gasteiger charge is 2.25. The molecule has 1 fully saturated rings. The quantitative estimate of drug-likeness (QED) is 0.583. The van der Waals surface area contributed by atoms with Gasteiger partial charge in [0.15, 0.2) is 0 Å². The summed E-state index contributed by atoms with van der Waals surface area (Å²) in [7, 11) is 5.65. The van der Waals surface area contributed by atoms with Crippen molar-refractivity contribution in [2.45, 2.75) is 19.5 Å². The van der Waals surface area contributed by atoms with E-state index in [1.165, 1.54) is 11.4 Å². The largest absolute Gasteiger partial charge is 0.369 e. The molecule has 158 valence electrons. The molecule has 0 radical (unpaired) electrons. The summed E-state index contributed by atoms with van der Waals surface area (Å²) in [5, 5.41) is 1.16. The molecular weight excluding hydrogens is 442 g/mol. The topological polar surface area (TPSA) is 44.6 Å². The first kappa shape index (κ1) is 20.9. The number of piperazine rings is 1. The van der Waals surface area contributed by atoms with Crippen LogP contribution in [-0.4, -0.2) is 65.0 Å². The van der Waals surface area contributed by atoms with E-state index >= 15 is 0 Å². The van der Waals surface area contributed by atoms with Crippen molar-refractivity contribution in [3.63, 3.8) is 0 Å². The second-order valence-electron chi connectivity index (χ2n) is 8.24. The predicted octanol–water partition coefficient (Wildman–Crippen LogP) is 3.75. The Morgan fingerprint density at radius 2 is 1.93 bits per heavy atom. The number of nitrogens with zero attached hydrogens (tertiary/aromatic N) is 5. The molecule has 7 heteroatoms. The lowest BCUT2D eigenvalue weighted by atomic mass is 10.1. The fourth-order valence-corrected chi connectivity index (χ4v) is 4.55. The number of pyridine rings is 1. The van der Waals surface area contributed by atoms with Crippen molar-refractivity contribution in [1.29, 1.82) is 0 Å². The minimum Gasteiger partial charge on any atom is -0.369 e. The zero-order valence-corrected chi connectivity index (χ0v) is 19.6. The third-order valence-corrected chi connectivity index (χ3v) is 6.68. The lowest BCUT2D eigenvalue weighted by Gasteiger charge is -2.41. The zero-order chi connectivity index (χ0) is 21.4. The average Bonchev–Trinajstić information content (AvgIpc) is 3.06. The van der Waals surface area contributed by atoms with Crippen molar-refractivity contribution in [1.82, 2.24) is 19.4 Å². The molecule has 3 aromatic rings. The lowest BCUT2D eigenvalue weighted by Crippen LogP contribution is -2.51. The Hall–Kier alpha value is -2.38. The molecule has 0 unspecified atom stereocenters. The molecule has 4 rings (SSSR count). The molecule has 1 aromatic carbocycles. The van der Waals surface area contributed by atoms with Gasteiger partial charge in [0.2, 0.25) is 0 Å². The molecule has 3 heterocycles. The summed E-state index contributed by atoms with van der Waals surface area (Å²) in [6.07, 6.45) is 1.84. The second-order valence-corrected chi connectivity index (χ2v) is 9.09. The van der Waals surface area contributed by atoms with E-state index in [1.54, 1.807) is 19.0 Å². The van der Waals surface area contributed by atoms with E-state index in [9.17, 15) is 4.79 Å². The van der Waals surface area contributed by atoms with Crippen molar-refractivity contribution < 1.29 is 4.79 Å². The molecule has 2 aromatic heterocycles. The lowest BCUT2D eigenvalue weighted by molar-refractivity contribution is 0.0827. The molecule has 1 atom stereocenters. The van der Waals surface area contributed by atoms with Crippen molar-refractivity contribution in [2.75, 3.05) is 38.6 Å². The number of rotatable bonds is 4. The highest BCUT2D eigenvalue weighted by atomic mass is 79.9. The fourth-order valence-electron chi connectivity index (χ4n) is 4.14. The summed E-state index contributed by atoms with van der Waals surface area (Å²) in [5.41, 5.74) is 4.19. The van der Waals surface area contributed by atoms with Crippen LogP contribution in [0, 0.1) is 0 Å². The smallest absolute Gasteiger partial charge is 0.253 e. The minimum atomic E-state index is 0.0378. The number of fused-ring (bicyclic) bond motifs is 1. The number of carbonyl (C=O) groups is 1. The summed E-state index contributed by atoms with van der Waals surface area (Å²) < 4.78 is 3.28. The molecule has 0 spiro atoms. The van der Waals surface area contributed by atoms with Gasteiger partial charge < -0.3 is 14.4 Å². The van der Waals surface area contributed by atoms with Crippen LogP contribution in [0.15, 0.2) is 47.1 Å². The van der Waals surface area contributed by atoms with Crippen LogP contribution in [0.3, 0.4) is 0 Å². The van der Waals surface area contributed by atoms with E-state index in [4.69, 9.17) is 0 Å². The summed E-state index contributed by atoms with van der Waals surface area (Å²) >= 11 is 3.64. The molecule has 30 heavy (non-hydrogen) atoms. The number of hydrogen-bond acceptors (Lipinski definition) is 4. The molecule has 1 saturated heterocycles. The van der Waals surface area contributed by atoms with Crippen LogP contribution < -0.4 is 4.90 Å². The number of aryl methyl sites for hydroxylation is 1. The highest BCUT2D eigenvalue weighted by Crippen LogP contribution is 2.27. The van der Waals surface area contributed by atoms with Gasteiger partial charge in [-0.2, -0.15) is 0 Å². The molecule has 1 aliphatic heterocycles. The van der Waals surface area contributed by atoms with Gasteiger partial charge in [0, 0.05) is 86.4 Å². The number of anilines is 1. The Labute approximate surface area is 186 Å². The van der Waals surface area contributed by atoms with Gasteiger partial charge in [0.05, 0.1) is 0 Å². The molecule has 0 N–H and O–H groups in total. The number of hydrogen-bond donors (Lipinski definition) is 0. The summed E-state index contributed by atoms with van der Waals surface area (Å²) in [6, 6.07) is 12.6. The van der Waals surface area contributed by atoms with Crippen LogP contribution in [-0.2, 0) is 13.6 Å². The standard InChI is InChI=1S/C23H28BrN5O/c1-16-14-29(18-7-5-17(6-8-18)23(30)26(2)3)12-11-28(16)15-19-13-20-21(24)9-10-25-22(20)27(19)4/h5-10,13,16H,11-12,14-15H2,1-4H3/t16-/m0/s1. The normalized spacial score (nSPS) is 17.5. The summed E-state index contributed by atoms with van der Waals surface area (Å²) in [5.74, 6) is 0.0378. The maximum absolute atomic E-state index is 12.1. The fraction of sp³-hybridized carbons (Fsp3) is 0.391. The van der Waals surface area contributed by atoms with Gasteiger partial charge in [-0.3, -0.25) is 9.69 Å². The molecule has 0 saturated carbocycles. The van der Waals surface area contributed by atoms with Gasteiger partial charge >= 0.3 is 0 Å². The first-order chi connectivity index (χ1) is 14.3. The number of benzene rings is 1. The van der Waals surface area contributed by atoms with E-state index in [2.05, 4.69) is 67.5 Å². The van der Waals surface area contributed by atoms with Crippen LogP contribution in [0.4, 0.5) is 5.69 Å². The monoisotopic (exact) mass is 469 g/mol. The van der Waals surface area contributed by atoms with Crippen LogP contribution in [0.1, 0.15) is 23.0 Å². The Bertz CT molecular complexity index is 1060. The van der Waals surface area contributed by atoms with Crippen molar-refractivity contribution >= 4 is 38.6 Å². The van der Waals surface area contributed by atoms with Crippen LogP contribution in [0.2, 0.25) is 0 Å². The number of halogens is 1. The van der Waals surface area contributed by atoms with Gasteiger partial charge in [-0.05, 0) is 59.3 Å². The van der Waals surface area contributed by atoms with E-state index in [-0.39, 0.29) is 5.91 Å². The number of amides is 1. The average molecular weight is 470 g/mol. The van der Waals surface area contributed by atoms with E-state index < -0.39 is 0 Å². The van der Waals surface area contributed by atoms with Gasteiger partial charge in [0.1, 0.15) is 5.65 Å². The Morgan fingerprint density at radius 1 is 1.20 bits per heavy atom. The Morgan fingerprint density at radius 3 is 2.57 bits per heavy atom. The van der Waals surface area contributed by atoms with Crippen molar-refractivity contribution in [3.05, 3.63) is 58.3 Å². The van der Waals surface area contributed by atoms with Crippen molar-refractivity contribution in [2.24, 2.45) is 7.05 Å². The molecule has 6 nitrogen and oxygen atoms in total. The van der Waals surface area contributed by atoms with Crippen LogP contribution in [0.25, 0.3) is 11.0 Å². The Kier molecular flexibility index (Phi) is 5.84. The summed E-state index contributed by atoms with van der Waals surface area (Å²) in [6.45, 7) is 6.12. The first-order valence-electron chi connectivity index (χ1n) is 10.2. The number of carbonyl (C=O) groups excluding carboxylic acids is 1. The second kappa shape index (κ2) is 8.40. The zero-order valence-electron chi connectivity index (χ0n) is 18.0. The maximum atomic E-state index is 12.1. The van der Waals surface area contributed by atoms with E-state index in [0.717, 1.165) is 47.2 Å². The third-order valence-electron chi connectivity index (χ3n) is 5.99. The van der Waals surface area contributed by atoms with E-state index in [0.29, 0.717) is 6.04 Å². The maximum Gasteiger partial charge on any atom is 0.253 e. The predicted molar refractivity (Wildman–Crippen MR) is 125 cm³/mol. The number of aromatic nitrogens is 2. The van der Waals surface area contributed by atoms with Gasteiger partial charge in [0.25, 0.3) is 5.91 Å². The molecule has 1 amide bonds. The molecular formula is C23H28BrN5O. The van der Waals surface area contributed by atoms with Gasteiger partial charge in [-0.1, -0.05) is 0 Å². The third kappa shape index (κ3) is 3.96. The summed E-state index contributed by atoms with van der Waals surface area (Å²) in [4.78, 5) is 23.2. The Balaban J connectivity index is 1.44. The minimum absolute atomic E-state index is 0.0378. The van der Waals surface area contributed by atoms with Crippen molar-refractivity contribution in [3.8, 4) is 0 Å². The van der Waals surface area contributed by atoms with Crippen LogP contribution in [0.5, 0.6) is 0 Å². The van der Waals surface area contributed by atoms with Gasteiger partial charge in [-0.15, -0.1) is 0 Å².